The van der Waals surface area contributed by atoms with Crippen LogP contribution in [-0.2, 0) is 10.0 Å². The standard InChI is InChI=1S/C10H23N3O2S/c1-2-13-7-3-5-10(13)9-12-16(14,15)8-4-6-11/h10,12H,2-9,11H2,1H3. The van der Waals surface area contributed by atoms with Crippen LogP contribution in [0.15, 0.2) is 0 Å². The summed E-state index contributed by atoms with van der Waals surface area (Å²) in [6, 6.07) is 0.373. The predicted octanol–water partition coefficient (Wildman–Crippen LogP) is -0.261. The first kappa shape index (κ1) is 13.9. The molecule has 0 aromatic carbocycles. The average Bonchev–Trinajstić information content (AvgIpc) is 2.71. The van der Waals surface area contributed by atoms with Gasteiger partial charge in [-0.05, 0) is 38.9 Å². The van der Waals surface area contributed by atoms with E-state index in [0.29, 0.717) is 25.6 Å². The normalized spacial score (nSPS) is 22.8. The van der Waals surface area contributed by atoms with E-state index in [-0.39, 0.29) is 5.75 Å². The molecule has 0 aromatic heterocycles. The van der Waals surface area contributed by atoms with E-state index in [1.807, 2.05) is 0 Å². The van der Waals surface area contributed by atoms with Crippen molar-refractivity contribution in [2.75, 3.05) is 31.9 Å². The highest BCUT2D eigenvalue weighted by Crippen LogP contribution is 2.15. The molecule has 1 rings (SSSR count). The van der Waals surface area contributed by atoms with Gasteiger partial charge >= 0.3 is 0 Å². The molecule has 16 heavy (non-hydrogen) atoms. The van der Waals surface area contributed by atoms with Crippen molar-refractivity contribution in [1.82, 2.24) is 9.62 Å². The van der Waals surface area contributed by atoms with Gasteiger partial charge < -0.3 is 5.73 Å². The molecule has 1 unspecified atom stereocenters. The third-order valence-electron chi connectivity index (χ3n) is 3.06. The molecule has 0 bridgehead atoms. The van der Waals surface area contributed by atoms with Crippen molar-refractivity contribution in [3.8, 4) is 0 Å². The number of hydrogen-bond acceptors (Lipinski definition) is 4. The Bertz CT molecular complexity index is 292. The van der Waals surface area contributed by atoms with Crippen LogP contribution in [0.5, 0.6) is 0 Å². The van der Waals surface area contributed by atoms with Gasteiger partial charge in [-0.2, -0.15) is 0 Å². The van der Waals surface area contributed by atoms with E-state index in [1.54, 1.807) is 0 Å². The molecular weight excluding hydrogens is 226 g/mol. The zero-order chi connectivity index (χ0) is 12.0. The second-order valence-electron chi connectivity index (χ2n) is 4.23. The van der Waals surface area contributed by atoms with Crippen LogP contribution in [0.3, 0.4) is 0 Å². The highest BCUT2D eigenvalue weighted by molar-refractivity contribution is 7.89. The van der Waals surface area contributed by atoms with Crippen LogP contribution >= 0.6 is 0 Å². The number of nitrogens with two attached hydrogens (primary N) is 1. The van der Waals surface area contributed by atoms with Gasteiger partial charge in [-0.3, -0.25) is 4.90 Å². The largest absolute Gasteiger partial charge is 0.330 e. The van der Waals surface area contributed by atoms with Crippen molar-refractivity contribution >= 4 is 10.0 Å². The van der Waals surface area contributed by atoms with E-state index in [9.17, 15) is 8.42 Å². The van der Waals surface area contributed by atoms with Crippen LogP contribution < -0.4 is 10.5 Å². The van der Waals surface area contributed by atoms with Gasteiger partial charge in [0.25, 0.3) is 0 Å². The lowest BCUT2D eigenvalue weighted by atomic mass is 10.2. The average molecular weight is 249 g/mol. The Labute approximate surface area is 98.4 Å². The third-order valence-corrected chi connectivity index (χ3v) is 4.49. The summed E-state index contributed by atoms with van der Waals surface area (Å²) in [5.74, 6) is 0.141. The van der Waals surface area contributed by atoms with E-state index >= 15 is 0 Å². The maximum absolute atomic E-state index is 11.6. The number of nitrogens with zero attached hydrogens (tertiary/aromatic N) is 1. The minimum Gasteiger partial charge on any atom is -0.330 e. The molecule has 1 heterocycles. The number of hydrogen-bond donors (Lipinski definition) is 2. The summed E-state index contributed by atoms with van der Waals surface area (Å²) < 4.78 is 25.8. The zero-order valence-corrected chi connectivity index (χ0v) is 10.8. The molecule has 0 amide bonds. The highest BCUT2D eigenvalue weighted by Gasteiger charge is 2.24. The number of rotatable bonds is 7. The third kappa shape index (κ3) is 4.37. The quantitative estimate of drug-likeness (QED) is 0.652. The van der Waals surface area contributed by atoms with E-state index in [2.05, 4.69) is 16.5 Å². The highest BCUT2D eigenvalue weighted by atomic mass is 32.2. The molecule has 1 fully saturated rings. The minimum atomic E-state index is -3.12. The molecule has 0 saturated carbocycles. The fraction of sp³-hybridized carbons (Fsp3) is 1.00. The van der Waals surface area contributed by atoms with Gasteiger partial charge in [0.15, 0.2) is 0 Å². The predicted molar refractivity (Wildman–Crippen MR) is 65.7 cm³/mol. The molecule has 0 radical (unpaired) electrons. The summed E-state index contributed by atoms with van der Waals surface area (Å²) in [6.45, 7) is 5.16. The Morgan fingerprint density at radius 1 is 1.50 bits per heavy atom. The van der Waals surface area contributed by atoms with Crippen LogP contribution in [0.25, 0.3) is 0 Å². The molecule has 0 aliphatic carbocycles. The molecule has 0 spiro atoms. The summed E-state index contributed by atoms with van der Waals surface area (Å²) in [6.07, 6.45) is 2.79. The van der Waals surface area contributed by atoms with Crippen molar-refractivity contribution < 1.29 is 8.42 Å². The van der Waals surface area contributed by atoms with E-state index in [1.165, 1.54) is 6.42 Å². The Morgan fingerprint density at radius 3 is 2.88 bits per heavy atom. The second kappa shape index (κ2) is 6.54. The lowest BCUT2D eigenvalue weighted by Crippen LogP contribution is -2.40. The smallest absolute Gasteiger partial charge is 0.211 e. The first-order chi connectivity index (χ1) is 7.59. The van der Waals surface area contributed by atoms with Gasteiger partial charge in [-0.15, -0.1) is 0 Å². The molecule has 1 saturated heterocycles. The first-order valence-electron chi connectivity index (χ1n) is 6.00. The molecule has 3 N–H and O–H groups in total. The van der Waals surface area contributed by atoms with Crippen molar-refractivity contribution in [2.45, 2.75) is 32.2 Å². The molecule has 5 nitrogen and oxygen atoms in total. The van der Waals surface area contributed by atoms with Crippen molar-refractivity contribution in [2.24, 2.45) is 5.73 Å². The van der Waals surface area contributed by atoms with Gasteiger partial charge in [0.1, 0.15) is 0 Å². The van der Waals surface area contributed by atoms with Gasteiger partial charge in [-0.1, -0.05) is 6.92 Å². The summed E-state index contributed by atoms with van der Waals surface area (Å²) >= 11 is 0. The summed E-state index contributed by atoms with van der Waals surface area (Å²) in [5.41, 5.74) is 5.30. The van der Waals surface area contributed by atoms with Crippen LogP contribution in [-0.4, -0.2) is 51.3 Å². The van der Waals surface area contributed by atoms with Crippen LogP contribution in [0.2, 0.25) is 0 Å². The van der Waals surface area contributed by atoms with Gasteiger partial charge in [0.2, 0.25) is 10.0 Å². The number of likely N-dealkylation sites (tertiary alicyclic amines) is 1. The van der Waals surface area contributed by atoms with Crippen molar-refractivity contribution in [3.05, 3.63) is 0 Å². The number of likely N-dealkylation sites (N-methyl/N-ethyl adjacent to an activating group) is 1. The molecule has 1 aliphatic rings. The Hall–Kier alpha value is -0.170. The van der Waals surface area contributed by atoms with Gasteiger partial charge in [0, 0.05) is 12.6 Å². The van der Waals surface area contributed by atoms with Gasteiger partial charge in [-0.25, -0.2) is 13.1 Å². The maximum atomic E-state index is 11.6. The van der Waals surface area contributed by atoms with Crippen LogP contribution in [0.4, 0.5) is 0 Å². The van der Waals surface area contributed by atoms with Crippen molar-refractivity contribution in [3.63, 3.8) is 0 Å². The van der Waals surface area contributed by atoms with Crippen LogP contribution in [0.1, 0.15) is 26.2 Å². The Balaban J connectivity index is 2.33. The molecule has 6 heteroatoms. The first-order valence-corrected chi connectivity index (χ1v) is 7.65. The zero-order valence-electron chi connectivity index (χ0n) is 9.98. The lowest BCUT2D eigenvalue weighted by molar-refractivity contribution is 0.268. The fourth-order valence-electron chi connectivity index (χ4n) is 2.11. The van der Waals surface area contributed by atoms with Gasteiger partial charge in [0.05, 0.1) is 5.75 Å². The summed E-state index contributed by atoms with van der Waals surface area (Å²) in [4.78, 5) is 2.32. The SMILES string of the molecule is CCN1CCCC1CNS(=O)(=O)CCCN. The van der Waals surface area contributed by atoms with E-state index in [4.69, 9.17) is 5.73 Å². The summed E-state index contributed by atoms with van der Waals surface area (Å²) in [7, 11) is -3.12. The lowest BCUT2D eigenvalue weighted by Gasteiger charge is -2.22. The van der Waals surface area contributed by atoms with E-state index < -0.39 is 10.0 Å². The maximum Gasteiger partial charge on any atom is 0.211 e. The Morgan fingerprint density at radius 2 is 2.25 bits per heavy atom. The molecule has 0 aromatic rings. The molecule has 1 aliphatic heterocycles. The van der Waals surface area contributed by atoms with Crippen LogP contribution in [0, 0.1) is 0 Å². The Kier molecular flexibility index (Phi) is 5.68. The number of nitrogens with one attached hydrogen (secondary N) is 1. The van der Waals surface area contributed by atoms with Crippen molar-refractivity contribution in [1.29, 1.82) is 0 Å². The van der Waals surface area contributed by atoms with E-state index in [0.717, 1.165) is 19.5 Å². The monoisotopic (exact) mass is 249 g/mol. The minimum absolute atomic E-state index is 0.141. The number of sulfonamides is 1. The second-order valence-corrected chi connectivity index (χ2v) is 6.16. The molecular formula is C10H23N3O2S. The molecule has 96 valence electrons. The fourth-order valence-corrected chi connectivity index (χ4v) is 3.25. The molecule has 1 atom stereocenters. The summed E-state index contributed by atoms with van der Waals surface area (Å²) in [5, 5.41) is 0. The topological polar surface area (TPSA) is 75.4 Å².